The average Bonchev–Trinajstić information content (AvgIpc) is 1.65. The third-order valence-electron chi connectivity index (χ3n) is 1.49. The maximum atomic E-state index is 8.85. The summed E-state index contributed by atoms with van der Waals surface area (Å²) >= 11 is 0. The molecule has 0 amide bonds. The van der Waals surface area contributed by atoms with E-state index in [1.165, 1.54) is 0 Å². The van der Waals surface area contributed by atoms with Crippen LogP contribution in [0.2, 0.25) is 0 Å². The largest absolute Gasteiger partial charge is 0.390 e. The number of β-amino-alcohol motifs (C(OH)–C–C–N with tert-alkyl or cyclic N) is 1. The van der Waals surface area contributed by atoms with Crippen LogP contribution < -0.4 is 5.32 Å². The molecule has 0 saturated carbocycles. The summed E-state index contributed by atoms with van der Waals surface area (Å²) in [7, 11) is 0. The molecule has 1 fully saturated rings. The predicted octanol–water partition coefficient (Wildman–Crippen LogP) is -0.271. The highest BCUT2D eigenvalue weighted by atomic mass is 16.3. The van der Waals surface area contributed by atoms with Crippen molar-refractivity contribution in [3.05, 3.63) is 0 Å². The number of hydrogen-bond acceptors (Lipinski definition) is 2. The lowest BCUT2D eigenvalue weighted by Crippen LogP contribution is -2.56. The number of nitrogens with one attached hydrogen (secondary N) is 1. The second-order valence-corrected chi connectivity index (χ2v) is 1.99. The molecule has 1 saturated heterocycles. The molecule has 2 unspecified atom stereocenters. The summed E-state index contributed by atoms with van der Waals surface area (Å²) in [5, 5.41) is 11.9. The van der Waals surface area contributed by atoms with E-state index in [1.807, 2.05) is 0 Å². The first-order valence-corrected chi connectivity index (χ1v) is 2.76. The van der Waals surface area contributed by atoms with E-state index in [0.29, 0.717) is 6.04 Å². The van der Waals surface area contributed by atoms with Crippen LogP contribution in [0.25, 0.3) is 0 Å². The number of rotatable bonds is 1. The molecule has 2 N–H and O–H groups in total. The van der Waals surface area contributed by atoms with Crippen molar-refractivity contribution >= 4 is 0 Å². The lowest BCUT2D eigenvalue weighted by molar-refractivity contribution is 0.0596. The predicted molar refractivity (Wildman–Crippen MR) is 28.1 cm³/mol. The lowest BCUT2D eigenvalue weighted by atomic mass is 10.0. The molecule has 1 rings (SSSR count). The average molecular weight is 101 g/mol. The van der Waals surface area contributed by atoms with Crippen LogP contribution in [0.5, 0.6) is 0 Å². The molecule has 2 heteroatoms. The van der Waals surface area contributed by atoms with Crippen LogP contribution in [-0.2, 0) is 0 Å². The summed E-state index contributed by atoms with van der Waals surface area (Å²) in [6, 6.07) is 0.389. The van der Waals surface area contributed by atoms with Crippen molar-refractivity contribution in [3.63, 3.8) is 0 Å². The van der Waals surface area contributed by atoms with Gasteiger partial charge in [0.1, 0.15) is 0 Å². The molecular weight excluding hydrogens is 90.1 g/mol. The lowest BCUT2D eigenvalue weighted by Gasteiger charge is -2.32. The van der Waals surface area contributed by atoms with Gasteiger partial charge in [-0.1, -0.05) is 6.92 Å². The van der Waals surface area contributed by atoms with Gasteiger partial charge in [0.2, 0.25) is 0 Å². The summed E-state index contributed by atoms with van der Waals surface area (Å²) in [6.45, 7) is 2.86. The third kappa shape index (κ3) is 0.763. The van der Waals surface area contributed by atoms with Gasteiger partial charge >= 0.3 is 0 Å². The molecule has 1 aliphatic rings. The van der Waals surface area contributed by atoms with Gasteiger partial charge < -0.3 is 10.4 Å². The van der Waals surface area contributed by atoms with Crippen LogP contribution >= 0.6 is 0 Å². The molecule has 0 aromatic carbocycles. The van der Waals surface area contributed by atoms with E-state index in [9.17, 15) is 0 Å². The second-order valence-electron chi connectivity index (χ2n) is 1.99. The van der Waals surface area contributed by atoms with Gasteiger partial charge in [0.15, 0.2) is 0 Å². The second kappa shape index (κ2) is 1.80. The molecule has 2 nitrogen and oxygen atoms in total. The van der Waals surface area contributed by atoms with Gasteiger partial charge in [-0.15, -0.1) is 0 Å². The Bertz CT molecular complexity index is 63.1. The summed E-state index contributed by atoms with van der Waals surface area (Å²) in [4.78, 5) is 0. The molecule has 0 aliphatic carbocycles. The zero-order chi connectivity index (χ0) is 5.28. The van der Waals surface area contributed by atoms with E-state index in [-0.39, 0.29) is 6.10 Å². The first kappa shape index (κ1) is 5.06. The van der Waals surface area contributed by atoms with Crippen LogP contribution in [0.1, 0.15) is 13.3 Å². The zero-order valence-corrected chi connectivity index (χ0v) is 4.52. The minimum absolute atomic E-state index is 0.0648. The molecule has 1 aliphatic heterocycles. The SMILES string of the molecule is CCC1NCC1O. The monoisotopic (exact) mass is 101 g/mol. The number of aliphatic hydroxyl groups is 1. The van der Waals surface area contributed by atoms with Crippen molar-refractivity contribution in [1.82, 2.24) is 5.32 Å². The Morgan fingerprint density at radius 2 is 2.57 bits per heavy atom. The molecule has 0 aromatic heterocycles. The number of aliphatic hydroxyl groups excluding tert-OH is 1. The summed E-state index contributed by atoms with van der Waals surface area (Å²) in [6.07, 6.45) is 0.978. The molecule has 0 radical (unpaired) electrons. The highest BCUT2D eigenvalue weighted by molar-refractivity contribution is 4.85. The van der Waals surface area contributed by atoms with Crippen LogP contribution in [0.3, 0.4) is 0 Å². The molecule has 0 bridgehead atoms. The molecule has 2 atom stereocenters. The van der Waals surface area contributed by atoms with Crippen molar-refractivity contribution in [3.8, 4) is 0 Å². The summed E-state index contributed by atoms with van der Waals surface area (Å²) in [5.74, 6) is 0. The smallest absolute Gasteiger partial charge is 0.0817 e. The van der Waals surface area contributed by atoms with Crippen molar-refractivity contribution in [1.29, 1.82) is 0 Å². The minimum atomic E-state index is -0.0648. The Balaban J connectivity index is 2.16. The van der Waals surface area contributed by atoms with Gasteiger partial charge in [-0.25, -0.2) is 0 Å². The van der Waals surface area contributed by atoms with Crippen molar-refractivity contribution < 1.29 is 5.11 Å². The maximum absolute atomic E-state index is 8.85. The van der Waals surface area contributed by atoms with E-state index < -0.39 is 0 Å². The maximum Gasteiger partial charge on any atom is 0.0817 e. The van der Waals surface area contributed by atoms with E-state index in [2.05, 4.69) is 12.2 Å². The molecular formula is C5H11NO. The normalized spacial score (nSPS) is 40.3. The quantitative estimate of drug-likeness (QED) is 0.476. The highest BCUT2D eigenvalue weighted by Crippen LogP contribution is 2.05. The molecule has 0 aromatic rings. The van der Waals surface area contributed by atoms with E-state index >= 15 is 0 Å². The molecule has 0 spiro atoms. The Hall–Kier alpha value is -0.0800. The first-order chi connectivity index (χ1) is 3.34. The number of hydrogen-bond donors (Lipinski definition) is 2. The first-order valence-electron chi connectivity index (χ1n) is 2.76. The summed E-state index contributed by atoms with van der Waals surface area (Å²) in [5.41, 5.74) is 0. The topological polar surface area (TPSA) is 32.3 Å². The fraction of sp³-hybridized carbons (Fsp3) is 1.00. The van der Waals surface area contributed by atoms with E-state index in [1.54, 1.807) is 0 Å². The standard InChI is InChI=1S/C5H11NO/c1-2-4-5(7)3-6-4/h4-7H,2-3H2,1H3. The Morgan fingerprint density at radius 3 is 2.57 bits per heavy atom. The zero-order valence-electron chi connectivity index (χ0n) is 4.52. The molecule has 7 heavy (non-hydrogen) atoms. The minimum Gasteiger partial charge on any atom is -0.390 e. The van der Waals surface area contributed by atoms with Crippen LogP contribution in [0.4, 0.5) is 0 Å². The van der Waals surface area contributed by atoms with Crippen LogP contribution in [-0.4, -0.2) is 23.8 Å². The van der Waals surface area contributed by atoms with Crippen LogP contribution in [0.15, 0.2) is 0 Å². The fourth-order valence-corrected chi connectivity index (χ4v) is 0.806. The van der Waals surface area contributed by atoms with Crippen molar-refractivity contribution in [2.24, 2.45) is 0 Å². The van der Waals surface area contributed by atoms with E-state index in [0.717, 1.165) is 13.0 Å². The van der Waals surface area contributed by atoms with Gasteiger partial charge in [0.25, 0.3) is 0 Å². The third-order valence-corrected chi connectivity index (χ3v) is 1.49. The summed E-state index contributed by atoms with van der Waals surface area (Å²) < 4.78 is 0. The van der Waals surface area contributed by atoms with Gasteiger partial charge in [0.05, 0.1) is 6.10 Å². The molecule has 42 valence electrons. The fourth-order valence-electron chi connectivity index (χ4n) is 0.806. The van der Waals surface area contributed by atoms with Crippen molar-refractivity contribution in [2.75, 3.05) is 6.54 Å². The van der Waals surface area contributed by atoms with Gasteiger partial charge in [-0.2, -0.15) is 0 Å². The van der Waals surface area contributed by atoms with Gasteiger partial charge in [0, 0.05) is 12.6 Å². The van der Waals surface area contributed by atoms with Gasteiger partial charge in [-0.05, 0) is 6.42 Å². The van der Waals surface area contributed by atoms with Crippen molar-refractivity contribution in [2.45, 2.75) is 25.5 Å². The Kier molecular flexibility index (Phi) is 1.30. The highest BCUT2D eigenvalue weighted by Gasteiger charge is 2.25. The molecule has 1 heterocycles. The Morgan fingerprint density at radius 1 is 1.86 bits per heavy atom. The van der Waals surface area contributed by atoms with E-state index in [4.69, 9.17) is 5.11 Å². The van der Waals surface area contributed by atoms with Crippen LogP contribution in [0, 0.1) is 0 Å². The van der Waals surface area contributed by atoms with Gasteiger partial charge in [-0.3, -0.25) is 0 Å². The Labute approximate surface area is 43.5 Å².